The largest absolute Gasteiger partial charge is 0.371 e. The van der Waals surface area contributed by atoms with Gasteiger partial charge in [0.2, 0.25) is 0 Å². The van der Waals surface area contributed by atoms with E-state index in [1.165, 1.54) is 28.4 Å². The number of methoxy groups -OCH3 is 4. The Morgan fingerprint density at radius 2 is 1.30 bits per heavy atom. The third kappa shape index (κ3) is 3.28. The van der Waals surface area contributed by atoms with Gasteiger partial charge in [0.1, 0.15) is 0 Å². The second-order valence-electron chi connectivity index (χ2n) is 4.71. The zero-order chi connectivity index (χ0) is 17.1. The van der Waals surface area contributed by atoms with Gasteiger partial charge in [0.15, 0.2) is 0 Å². The monoisotopic (exact) mass is 333 g/mol. The second-order valence-corrected chi connectivity index (χ2v) is 4.71. The average Bonchev–Trinajstić information content (AvgIpc) is 3.36. The van der Waals surface area contributed by atoms with Gasteiger partial charge in [-0.15, -0.1) is 0 Å². The van der Waals surface area contributed by atoms with Crippen molar-refractivity contribution < 1.29 is 23.7 Å². The molecule has 1 fully saturated rings. The van der Waals surface area contributed by atoms with Gasteiger partial charge in [-0.3, -0.25) is 0 Å². The number of ether oxygens (including phenoxy) is 5. The van der Waals surface area contributed by atoms with Gasteiger partial charge in [0.25, 0.3) is 12.8 Å². The predicted octanol–water partition coefficient (Wildman–Crippen LogP) is -1.93. The maximum absolute atomic E-state index is 12.5. The van der Waals surface area contributed by atoms with Gasteiger partial charge in [0.05, 0.1) is 19.3 Å². The van der Waals surface area contributed by atoms with Crippen LogP contribution in [0.25, 0.3) is 0 Å². The van der Waals surface area contributed by atoms with Crippen LogP contribution in [-0.4, -0.2) is 54.9 Å². The topological polar surface area (TPSA) is 115 Å². The lowest BCUT2D eigenvalue weighted by Crippen LogP contribution is -2.57. The van der Waals surface area contributed by atoms with E-state index in [0.29, 0.717) is 15.7 Å². The van der Waals surface area contributed by atoms with Crippen LogP contribution in [0.15, 0.2) is 14.4 Å². The summed E-state index contributed by atoms with van der Waals surface area (Å²) in [5, 5.41) is 0. The molecule has 11 nitrogen and oxygen atoms in total. The summed E-state index contributed by atoms with van der Waals surface area (Å²) in [6.07, 6.45) is -2.86. The van der Waals surface area contributed by atoms with Crippen molar-refractivity contribution in [1.82, 2.24) is 13.7 Å². The molecule has 2 rings (SSSR count). The Morgan fingerprint density at radius 3 is 1.61 bits per heavy atom. The molecule has 130 valence electrons. The van der Waals surface area contributed by atoms with E-state index in [1.54, 1.807) is 0 Å². The number of hydrogen-bond acceptors (Lipinski definition) is 8. The first kappa shape index (κ1) is 17.6. The fraction of sp³-hybridized carbons (Fsp3) is 0.750. The summed E-state index contributed by atoms with van der Waals surface area (Å²) in [4.78, 5) is 37.5. The molecule has 0 saturated carbocycles. The zero-order valence-electron chi connectivity index (χ0n) is 13.3. The van der Waals surface area contributed by atoms with Crippen LogP contribution in [0.1, 0.15) is 12.8 Å². The molecule has 1 aromatic heterocycles. The lowest BCUT2D eigenvalue weighted by Gasteiger charge is -2.21. The Hall–Kier alpha value is -1.79. The molecule has 2 heterocycles. The Kier molecular flexibility index (Phi) is 5.49. The maximum Gasteiger partial charge on any atom is 0.344 e. The fourth-order valence-corrected chi connectivity index (χ4v) is 2.13. The highest BCUT2D eigenvalue weighted by Crippen LogP contribution is 2.10. The second kappa shape index (κ2) is 7.19. The molecule has 1 aliphatic heterocycles. The highest BCUT2D eigenvalue weighted by atomic mass is 16.7. The molecular weight excluding hydrogens is 314 g/mol. The molecule has 1 aromatic rings. The van der Waals surface area contributed by atoms with Crippen molar-refractivity contribution in [2.24, 2.45) is 0 Å². The van der Waals surface area contributed by atoms with Crippen LogP contribution >= 0.6 is 0 Å². The Bertz CT molecular complexity index is 658. The minimum atomic E-state index is -1.30. The molecule has 11 heteroatoms. The standard InChI is InChI=1S/C12H19N3O8/c1-19-11(20-2)14-8(16)13(5-7-6-23-7)9(17)15(10(14)18)12(21-3)22-4/h7,11-12H,5-6H2,1-4H3. The van der Waals surface area contributed by atoms with Gasteiger partial charge < -0.3 is 23.7 Å². The molecule has 23 heavy (non-hydrogen) atoms. The number of rotatable bonds is 8. The first-order valence-corrected chi connectivity index (χ1v) is 6.70. The summed E-state index contributed by atoms with van der Waals surface area (Å²) in [7, 11) is 5.03. The number of epoxide rings is 1. The van der Waals surface area contributed by atoms with Crippen molar-refractivity contribution in [2.45, 2.75) is 25.5 Å². The summed E-state index contributed by atoms with van der Waals surface area (Å²) in [6, 6.07) is 0. The van der Waals surface area contributed by atoms with Gasteiger partial charge in [-0.25, -0.2) is 19.0 Å². The normalized spacial score (nSPS) is 17.2. The third-order valence-corrected chi connectivity index (χ3v) is 3.30. The van der Waals surface area contributed by atoms with E-state index >= 15 is 0 Å². The molecule has 0 spiro atoms. The van der Waals surface area contributed by atoms with Crippen LogP contribution < -0.4 is 17.1 Å². The molecule has 1 aliphatic rings. The van der Waals surface area contributed by atoms with E-state index in [1.807, 2.05) is 0 Å². The highest BCUT2D eigenvalue weighted by Gasteiger charge is 2.30. The lowest BCUT2D eigenvalue weighted by atomic mass is 10.5. The molecule has 0 radical (unpaired) electrons. The average molecular weight is 333 g/mol. The van der Waals surface area contributed by atoms with E-state index < -0.39 is 29.9 Å². The van der Waals surface area contributed by atoms with Gasteiger partial charge >= 0.3 is 17.1 Å². The first-order chi connectivity index (χ1) is 11.0. The van der Waals surface area contributed by atoms with Crippen LogP contribution in [-0.2, 0) is 30.2 Å². The van der Waals surface area contributed by atoms with E-state index in [4.69, 9.17) is 23.7 Å². The predicted molar refractivity (Wildman–Crippen MR) is 75.1 cm³/mol. The Balaban J connectivity index is 2.75. The minimum absolute atomic E-state index is 0.00174. The summed E-state index contributed by atoms with van der Waals surface area (Å²) in [5.74, 6) is 0. The highest BCUT2D eigenvalue weighted by molar-refractivity contribution is 4.83. The molecule has 0 bridgehead atoms. The molecule has 1 atom stereocenters. The van der Waals surface area contributed by atoms with Crippen LogP contribution in [0.5, 0.6) is 0 Å². The fourth-order valence-electron chi connectivity index (χ4n) is 2.13. The summed E-state index contributed by atoms with van der Waals surface area (Å²) in [6.45, 7) is 0.430. The van der Waals surface area contributed by atoms with Crippen molar-refractivity contribution >= 4 is 0 Å². The summed E-state index contributed by atoms with van der Waals surface area (Å²) >= 11 is 0. The van der Waals surface area contributed by atoms with Crippen molar-refractivity contribution in [3.63, 3.8) is 0 Å². The van der Waals surface area contributed by atoms with E-state index in [0.717, 1.165) is 4.57 Å². The Labute approximate surface area is 130 Å². The molecule has 0 amide bonds. The van der Waals surface area contributed by atoms with Gasteiger partial charge in [-0.2, -0.15) is 9.13 Å². The molecule has 1 unspecified atom stereocenters. The zero-order valence-corrected chi connectivity index (χ0v) is 13.3. The van der Waals surface area contributed by atoms with E-state index in [9.17, 15) is 14.4 Å². The van der Waals surface area contributed by atoms with Crippen molar-refractivity contribution in [2.75, 3.05) is 35.0 Å². The van der Waals surface area contributed by atoms with Crippen LogP contribution in [0.4, 0.5) is 0 Å². The lowest BCUT2D eigenvalue weighted by molar-refractivity contribution is -0.177. The molecule has 0 N–H and O–H groups in total. The van der Waals surface area contributed by atoms with Gasteiger partial charge in [-0.05, 0) is 0 Å². The van der Waals surface area contributed by atoms with Crippen molar-refractivity contribution in [3.8, 4) is 0 Å². The van der Waals surface area contributed by atoms with E-state index in [-0.39, 0.29) is 12.6 Å². The number of aromatic nitrogens is 3. The summed E-state index contributed by atoms with van der Waals surface area (Å²) in [5.41, 5.74) is -2.71. The smallest absolute Gasteiger partial charge is 0.344 e. The van der Waals surface area contributed by atoms with Crippen molar-refractivity contribution in [1.29, 1.82) is 0 Å². The third-order valence-electron chi connectivity index (χ3n) is 3.30. The molecular formula is C12H19N3O8. The number of nitrogens with zero attached hydrogens (tertiary/aromatic N) is 3. The first-order valence-electron chi connectivity index (χ1n) is 6.70. The maximum atomic E-state index is 12.5. The van der Waals surface area contributed by atoms with Crippen LogP contribution in [0, 0.1) is 0 Å². The molecule has 0 aliphatic carbocycles. The minimum Gasteiger partial charge on any atom is -0.371 e. The van der Waals surface area contributed by atoms with E-state index in [2.05, 4.69) is 0 Å². The molecule has 1 saturated heterocycles. The summed E-state index contributed by atoms with van der Waals surface area (Å²) < 4.78 is 27.1. The van der Waals surface area contributed by atoms with Gasteiger partial charge in [0, 0.05) is 28.4 Å². The Morgan fingerprint density at radius 1 is 0.913 bits per heavy atom. The quantitative estimate of drug-likeness (QED) is 0.399. The molecule has 0 aromatic carbocycles. The van der Waals surface area contributed by atoms with Crippen LogP contribution in [0.3, 0.4) is 0 Å². The SMILES string of the molecule is COC(OC)n1c(=O)n(CC2CO2)c(=O)n(C(OC)OC)c1=O. The van der Waals surface area contributed by atoms with Crippen LogP contribution in [0.2, 0.25) is 0 Å². The van der Waals surface area contributed by atoms with Gasteiger partial charge in [-0.1, -0.05) is 0 Å². The van der Waals surface area contributed by atoms with Crippen molar-refractivity contribution in [3.05, 3.63) is 31.5 Å². The number of hydrogen-bond donors (Lipinski definition) is 0.